The molecule has 0 spiro atoms. The lowest BCUT2D eigenvalue weighted by atomic mass is 9.92. The van der Waals surface area contributed by atoms with E-state index in [1.54, 1.807) is 18.2 Å². The molecule has 0 unspecified atom stereocenters. The number of phosphoric acid groups is 1. The van der Waals surface area contributed by atoms with E-state index in [4.69, 9.17) is 13.6 Å². The van der Waals surface area contributed by atoms with Crippen molar-refractivity contribution in [2.45, 2.75) is 26.7 Å². The molecule has 0 atom stereocenters. The smallest absolute Gasteiger partial charge is 0.386 e. The van der Waals surface area contributed by atoms with Gasteiger partial charge in [-0.25, -0.2) is 0 Å². The summed E-state index contributed by atoms with van der Waals surface area (Å²) in [4.78, 5) is 0. The number of aryl methyl sites for hydroxylation is 2. The van der Waals surface area contributed by atoms with Crippen molar-refractivity contribution in [3.63, 3.8) is 0 Å². The highest BCUT2D eigenvalue weighted by atomic mass is 31.2. The van der Waals surface area contributed by atoms with E-state index in [1.165, 1.54) is 0 Å². The zero-order valence-corrected chi connectivity index (χ0v) is 16.4. The van der Waals surface area contributed by atoms with E-state index in [0.717, 1.165) is 22.3 Å². The maximum Gasteiger partial charge on any atom is 0.647 e. The SMILES string of the molecule is Cc1ccc(OP2(=O)Oc3ccccc3C(C)c3ccccc3O2)c(C)c1. The molecule has 0 aliphatic carbocycles. The van der Waals surface area contributed by atoms with Gasteiger partial charge < -0.3 is 13.6 Å². The van der Waals surface area contributed by atoms with Gasteiger partial charge in [0.05, 0.1) is 0 Å². The van der Waals surface area contributed by atoms with Gasteiger partial charge in [0.2, 0.25) is 0 Å². The second-order valence-corrected chi connectivity index (χ2v) is 8.23. The number of phosphoric ester groups is 1. The minimum Gasteiger partial charge on any atom is -0.386 e. The van der Waals surface area contributed by atoms with Crippen molar-refractivity contribution >= 4 is 7.82 Å². The Morgan fingerprint density at radius 3 is 1.96 bits per heavy atom. The van der Waals surface area contributed by atoms with Crippen molar-refractivity contribution in [3.8, 4) is 17.2 Å². The average molecular weight is 380 g/mol. The highest BCUT2D eigenvalue weighted by molar-refractivity contribution is 7.49. The molecule has 138 valence electrons. The first kappa shape index (κ1) is 17.7. The number of benzene rings is 3. The van der Waals surface area contributed by atoms with Gasteiger partial charge in [-0.3, -0.25) is 0 Å². The highest BCUT2D eigenvalue weighted by Crippen LogP contribution is 2.55. The van der Waals surface area contributed by atoms with Crippen LogP contribution >= 0.6 is 7.82 Å². The fourth-order valence-corrected chi connectivity index (χ4v) is 4.70. The third-order valence-electron chi connectivity index (χ3n) is 4.73. The molecule has 0 fully saturated rings. The van der Waals surface area contributed by atoms with Crippen molar-refractivity contribution in [1.82, 2.24) is 0 Å². The van der Waals surface area contributed by atoms with E-state index in [-0.39, 0.29) is 5.92 Å². The number of para-hydroxylation sites is 2. The first-order chi connectivity index (χ1) is 13.0. The Morgan fingerprint density at radius 1 is 0.852 bits per heavy atom. The van der Waals surface area contributed by atoms with Crippen molar-refractivity contribution in [1.29, 1.82) is 0 Å². The number of rotatable bonds is 2. The summed E-state index contributed by atoms with van der Waals surface area (Å²) in [6.45, 7) is 5.98. The van der Waals surface area contributed by atoms with Gasteiger partial charge in [0, 0.05) is 17.0 Å². The average Bonchev–Trinajstić information content (AvgIpc) is 2.63. The summed E-state index contributed by atoms with van der Waals surface area (Å²) in [5, 5.41) is 0. The fourth-order valence-electron chi connectivity index (χ4n) is 3.33. The van der Waals surface area contributed by atoms with Crippen LogP contribution in [-0.4, -0.2) is 0 Å². The van der Waals surface area contributed by atoms with Crippen LogP contribution in [0, 0.1) is 13.8 Å². The first-order valence-electron chi connectivity index (χ1n) is 8.89. The van der Waals surface area contributed by atoms with Crippen molar-refractivity contribution in [2.75, 3.05) is 0 Å². The quantitative estimate of drug-likeness (QED) is 0.482. The number of hydrogen-bond donors (Lipinski definition) is 0. The Balaban J connectivity index is 1.82. The third-order valence-corrected chi connectivity index (χ3v) is 5.99. The molecule has 3 aromatic carbocycles. The van der Waals surface area contributed by atoms with Crippen molar-refractivity contribution < 1.29 is 18.1 Å². The molecule has 0 bridgehead atoms. The molecular weight excluding hydrogens is 359 g/mol. The minimum atomic E-state index is -3.94. The maximum absolute atomic E-state index is 13.6. The third kappa shape index (κ3) is 3.45. The predicted octanol–water partition coefficient (Wildman–Crippen LogP) is 6.41. The molecule has 3 aromatic rings. The van der Waals surface area contributed by atoms with Gasteiger partial charge in [-0.05, 0) is 37.6 Å². The Bertz CT molecular complexity index is 990. The second kappa shape index (κ2) is 6.79. The second-order valence-electron chi connectivity index (χ2n) is 6.79. The molecule has 0 saturated carbocycles. The van der Waals surface area contributed by atoms with E-state index in [1.807, 2.05) is 62.4 Å². The number of hydrogen-bond acceptors (Lipinski definition) is 4. The summed E-state index contributed by atoms with van der Waals surface area (Å²) in [7, 11) is -3.94. The van der Waals surface area contributed by atoms with Gasteiger partial charge in [-0.1, -0.05) is 61.0 Å². The van der Waals surface area contributed by atoms with Gasteiger partial charge >= 0.3 is 7.82 Å². The van der Waals surface area contributed by atoms with Gasteiger partial charge in [0.15, 0.2) is 0 Å². The van der Waals surface area contributed by atoms with Crippen molar-refractivity contribution in [2.24, 2.45) is 0 Å². The van der Waals surface area contributed by atoms with E-state index in [9.17, 15) is 4.57 Å². The first-order valence-corrected chi connectivity index (χ1v) is 10.4. The van der Waals surface area contributed by atoms with Crippen LogP contribution in [0.2, 0.25) is 0 Å². The highest BCUT2D eigenvalue weighted by Gasteiger charge is 2.38. The van der Waals surface area contributed by atoms with Crippen LogP contribution in [0.15, 0.2) is 66.7 Å². The Labute approximate surface area is 159 Å². The van der Waals surface area contributed by atoms with Crippen LogP contribution in [0.5, 0.6) is 17.2 Å². The Morgan fingerprint density at radius 2 is 1.41 bits per heavy atom. The van der Waals surface area contributed by atoms with Crippen LogP contribution in [0.1, 0.15) is 35.1 Å². The molecule has 0 saturated heterocycles. The molecule has 1 aliphatic rings. The lowest BCUT2D eigenvalue weighted by Crippen LogP contribution is -2.14. The molecule has 1 heterocycles. The normalized spacial score (nSPS) is 20.9. The summed E-state index contributed by atoms with van der Waals surface area (Å²) in [6.07, 6.45) is 0. The Hall–Kier alpha value is -2.71. The minimum absolute atomic E-state index is 0.0345. The van der Waals surface area contributed by atoms with Crippen LogP contribution in [-0.2, 0) is 4.57 Å². The summed E-state index contributed by atoms with van der Waals surface area (Å²) >= 11 is 0. The van der Waals surface area contributed by atoms with Gasteiger partial charge in [-0.2, -0.15) is 4.57 Å². The predicted molar refractivity (Wildman–Crippen MR) is 106 cm³/mol. The van der Waals surface area contributed by atoms with E-state index < -0.39 is 7.82 Å². The summed E-state index contributed by atoms with van der Waals surface area (Å²) in [5.41, 5.74) is 3.85. The molecular formula is C22H21O4P. The van der Waals surface area contributed by atoms with Crippen LogP contribution in [0.25, 0.3) is 0 Å². The molecule has 1 aliphatic heterocycles. The zero-order chi connectivity index (χ0) is 19.0. The van der Waals surface area contributed by atoms with E-state index in [2.05, 4.69) is 6.92 Å². The summed E-state index contributed by atoms with van der Waals surface area (Å²) < 4.78 is 31.1. The molecule has 5 heteroatoms. The Kier molecular flexibility index (Phi) is 4.45. The number of fused-ring (bicyclic) bond motifs is 2. The summed E-state index contributed by atoms with van der Waals surface area (Å²) in [6, 6.07) is 20.8. The van der Waals surface area contributed by atoms with Gasteiger partial charge in [0.1, 0.15) is 17.2 Å². The van der Waals surface area contributed by atoms with Gasteiger partial charge in [-0.15, -0.1) is 0 Å². The molecule has 0 N–H and O–H groups in total. The summed E-state index contributed by atoms with van der Waals surface area (Å²) in [5.74, 6) is 1.53. The lowest BCUT2D eigenvalue weighted by molar-refractivity contribution is 0.292. The molecule has 27 heavy (non-hydrogen) atoms. The van der Waals surface area contributed by atoms with Crippen LogP contribution < -0.4 is 13.6 Å². The van der Waals surface area contributed by atoms with E-state index in [0.29, 0.717) is 17.2 Å². The molecule has 4 rings (SSSR count). The lowest BCUT2D eigenvalue weighted by Gasteiger charge is -2.27. The van der Waals surface area contributed by atoms with Crippen LogP contribution in [0.3, 0.4) is 0 Å². The molecule has 4 nitrogen and oxygen atoms in total. The van der Waals surface area contributed by atoms with E-state index >= 15 is 0 Å². The van der Waals surface area contributed by atoms with Crippen LogP contribution in [0.4, 0.5) is 0 Å². The molecule has 0 radical (unpaired) electrons. The molecule has 0 aromatic heterocycles. The monoisotopic (exact) mass is 380 g/mol. The standard InChI is InChI=1S/C22H21O4P/c1-15-12-13-20(16(2)14-15)24-27(23)25-21-10-6-4-8-18(21)17(3)19-9-5-7-11-22(19)26-27/h4-14,17H,1-3H3. The maximum atomic E-state index is 13.6. The zero-order valence-electron chi connectivity index (χ0n) is 15.5. The molecule has 0 amide bonds. The van der Waals surface area contributed by atoms with Gasteiger partial charge in [0.25, 0.3) is 0 Å². The van der Waals surface area contributed by atoms with Crippen molar-refractivity contribution in [3.05, 3.63) is 89.0 Å². The largest absolute Gasteiger partial charge is 0.647 e. The fraction of sp³-hybridized carbons (Fsp3) is 0.182. The topological polar surface area (TPSA) is 44.8 Å².